The molecule has 126 valence electrons. The molecule has 0 aliphatic carbocycles. The fraction of sp³-hybridized carbons (Fsp3) is 0.333. The van der Waals surface area contributed by atoms with Gasteiger partial charge in [-0.2, -0.15) is 0 Å². The van der Waals surface area contributed by atoms with Gasteiger partial charge in [0.25, 0.3) is 6.43 Å². The van der Waals surface area contributed by atoms with Gasteiger partial charge in [0.15, 0.2) is 0 Å². The van der Waals surface area contributed by atoms with Crippen molar-refractivity contribution in [2.24, 2.45) is 4.99 Å². The Morgan fingerprint density at radius 2 is 1.96 bits per heavy atom. The Morgan fingerprint density at radius 3 is 2.58 bits per heavy atom. The van der Waals surface area contributed by atoms with Gasteiger partial charge in [-0.3, -0.25) is 9.98 Å². The normalized spacial score (nSPS) is 16.2. The fourth-order valence-electron chi connectivity index (χ4n) is 2.89. The molecule has 0 unspecified atom stereocenters. The van der Waals surface area contributed by atoms with Crippen LogP contribution in [-0.2, 0) is 0 Å². The molecule has 0 atom stereocenters. The Morgan fingerprint density at radius 1 is 1.25 bits per heavy atom. The van der Waals surface area contributed by atoms with Gasteiger partial charge in [-0.25, -0.2) is 8.78 Å². The molecule has 1 aliphatic heterocycles. The monoisotopic (exact) mass is 393 g/mol. The number of nitrogens with zero attached hydrogens (tertiary/aromatic N) is 3. The number of alkyl halides is 2. The number of aromatic nitrogens is 1. The predicted molar refractivity (Wildman–Crippen MR) is 96.2 cm³/mol. The van der Waals surface area contributed by atoms with E-state index >= 15 is 0 Å². The van der Waals surface area contributed by atoms with Crippen LogP contribution in [0.15, 0.2) is 39.9 Å². The minimum atomic E-state index is -2.57. The third-order valence-electron chi connectivity index (χ3n) is 4.38. The quantitative estimate of drug-likeness (QED) is 0.708. The van der Waals surface area contributed by atoms with Crippen molar-refractivity contribution in [3.8, 4) is 0 Å². The lowest BCUT2D eigenvalue weighted by Gasteiger charge is -2.40. The van der Waals surface area contributed by atoms with E-state index in [2.05, 4.69) is 25.8 Å². The summed E-state index contributed by atoms with van der Waals surface area (Å²) in [6.45, 7) is 5.69. The summed E-state index contributed by atoms with van der Waals surface area (Å²) in [6.07, 6.45) is -1.09. The van der Waals surface area contributed by atoms with Crippen LogP contribution in [0.2, 0.25) is 0 Å². The zero-order valence-corrected chi connectivity index (χ0v) is 15.5. The van der Waals surface area contributed by atoms with Gasteiger partial charge in [-0.1, -0.05) is 12.1 Å². The van der Waals surface area contributed by atoms with Crippen molar-refractivity contribution in [1.29, 1.82) is 0 Å². The number of aliphatic imine (C=N–C) groups is 1. The van der Waals surface area contributed by atoms with Crippen LogP contribution in [0.1, 0.15) is 42.7 Å². The molecule has 2 aromatic rings. The summed E-state index contributed by atoms with van der Waals surface area (Å²) >= 11 is 3.61. The maximum absolute atomic E-state index is 13.0. The maximum atomic E-state index is 13.0. The summed E-state index contributed by atoms with van der Waals surface area (Å²) in [4.78, 5) is 10.9. The van der Waals surface area contributed by atoms with Crippen LogP contribution in [0.3, 0.4) is 0 Å². The summed E-state index contributed by atoms with van der Waals surface area (Å²) < 4.78 is 26.9. The Kier molecular flexibility index (Phi) is 4.20. The minimum Gasteiger partial charge on any atom is -0.349 e. The topological polar surface area (TPSA) is 28.5 Å². The third-order valence-corrected chi connectivity index (χ3v) is 5.02. The number of hydrogen-bond donors (Lipinski definition) is 0. The summed E-state index contributed by atoms with van der Waals surface area (Å²) in [7, 11) is 1.99. The number of rotatable bonds is 2. The minimum absolute atomic E-state index is 0.180. The van der Waals surface area contributed by atoms with Crippen molar-refractivity contribution in [3.05, 3.63) is 57.3 Å². The zero-order chi connectivity index (χ0) is 17.6. The highest BCUT2D eigenvalue weighted by molar-refractivity contribution is 9.10. The molecule has 1 aromatic carbocycles. The van der Waals surface area contributed by atoms with Crippen LogP contribution < -0.4 is 4.90 Å². The molecule has 0 N–H and O–H groups in total. The van der Waals surface area contributed by atoms with E-state index in [-0.39, 0.29) is 5.69 Å². The molecule has 0 spiro atoms. The van der Waals surface area contributed by atoms with Gasteiger partial charge in [0, 0.05) is 28.8 Å². The van der Waals surface area contributed by atoms with E-state index in [0.29, 0.717) is 5.56 Å². The molecule has 0 saturated heterocycles. The first-order valence-corrected chi connectivity index (χ1v) is 8.39. The molecule has 0 fully saturated rings. The molecule has 0 bridgehead atoms. The number of para-hydroxylation sites is 1. The van der Waals surface area contributed by atoms with Crippen LogP contribution >= 0.6 is 15.9 Å². The van der Waals surface area contributed by atoms with Crippen molar-refractivity contribution in [1.82, 2.24) is 4.98 Å². The van der Waals surface area contributed by atoms with Gasteiger partial charge in [0.2, 0.25) is 0 Å². The lowest BCUT2D eigenvalue weighted by atomic mass is 9.95. The van der Waals surface area contributed by atoms with Crippen LogP contribution in [0.5, 0.6) is 0 Å². The Labute approximate surface area is 148 Å². The van der Waals surface area contributed by atoms with E-state index in [1.807, 2.05) is 39.1 Å². The fourth-order valence-corrected chi connectivity index (χ4v) is 3.53. The highest BCUT2D eigenvalue weighted by atomic mass is 79.9. The number of aryl methyl sites for hydroxylation is 1. The maximum Gasteiger partial charge on any atom is 0.280 e. The van der Waals surface area contributed by atoms with Crippen molar-refractivity contribution in [2.75, 3.05) is 11.9 Å². The lowest BCUT2D eigenvalue weighted by Crippen LogP contribution is -2.44. The van der Waals surface area contributed by atoms with E-state index in [1.165, 1.54) is 6.20 Å². The van der Waals surface area contributed by atoms with Crippen LogP contribution in [-0.4, -0.2) is 23.4 Å². The average molecular weight is 394 g/mol. The molecule has 1 aromatic heterocycles. The molecule has 3 rings (SSSR count). The first-order valence-electron chi connectivity index (χ1n) is 7.60. The van der Waals surface area contributed by atoms with Crippen molar-refractivity contribution >= 4 is 27.3 Å². The molecule has 0 saturated carbocycles. The van der Waals surface area contributed by atoms with Crippen molar-refractivity contribution < 1.29 is 8.78 Å². The van der Waals surface area contributed by atoms with E-state index in [1.54, 1.807) is 13.0 Å². The zero-order valence-electron chi connectivity index (χ0n) is 13.9. The first kappa shape index (κ1) is 17.0. The van der Waals surface area contributed by atoms with Crippen molar-refractivity contribution in [2.45, 2.75) is 32.9 Å². The predicted octanol–water partition coefficient (Wildman–Crippen LogP) is 5.11. The van der Waals surface area contributed by atoms with Gasteiger partial charge in [-0.15, -0.1) is 0 Å². The smallest absolute Gasteiger partial charge is 0.280 e. The molecule has 1 aliphatic rings. The molecule has 3 nitrogen and oxygen atoms in total. The number of hydrogen-bond acceptors (Lipinski definition) is 3. The second-order valence-corrected chi connectivity index (χ2v) is 7.23. The van der Waals surface area contributed by atoms with E-state index in [0.717, 1.165) is 27.0 Å². The highest BCUT2D eigenvalue weighted by Crippen LogP contribution is 2.39. The number of anilines is 1. The molecule has 24 heavy (non-hydrogen) atoms. The van der Waals surface area contributed by atoms with Gasteiger partial charge < -0.3 is 4.90 Å². The Balaban J connectivity index is 2.21. The molecule has 0 radical (unpaired) electrons. The van der Waals surface area contributed by atoms with Crippen LogP contribution in [0, 0.1) is 6.92 Å². The van der Waals surface area contributed by atoms with Crippen molar-refractivity contribution in [3.63, 3.8) is 0 Å². The van der Waals surface area contributed by atoms with E-state index in [4.69, 9.17) is 4.99 Å². The van der Waals surface area contributed by atoms with Crippen LogP contribution in [0.25, 0.3) is 0 Å². The number of pyridine rings is 1. The molecular formula is C18H18BrF2N3. The summed E-state index contributed by atoms with van der Waals surface area (Å²) in [5.41, 5.74) is 3.34. The second-order valence-electron chi connectivity index (χ2n) is 6.38. The lowest BCUT2D eigenvalue weighted by molar-refractivity contribution is 0.145. The first-order chi connectivity index (χ1) is 11.2. The summed E-state index contributed by atoms with van der Waals surface area (Å²) in [5, 5.41) is 0. The van der Waals surface area contributed by atoms with E-state index < -0.39 is 12.1 Å². The Bertz CT molecular complexity index is 831. The summed E-state index contributed by atoms with van der Waals surface area (Å²) in [5.74, 6) is 0. The number of fused-ring (bicyclic) bond motifs is 1. The molecule has 6 heteroatoms. The Hall–Kier alpha value is -1.82. The standard InChI is InChI=1S/C18H18BrF2N3/c1-10-8-11(9-22-14(10)17(20)21)15-12-6-5-7-13(19)16(12)24(4)18(2,3)23-15/h5-9,17H,1-4H3. The second kappa shape index (κ2) is 5.92. The van der Waals surface area contributed by atoms with Gasteiger partial charge in [0.05, 0.1) is 11.4 Å². The third kappa shape index (κ3) is 2.73. The van der Waals surface area contributed by atoms with Crippen LogP contribution in [0.4, 0.5) is 14.5 Å². The molecule has 2 heterocycles. The number of halogens is 3. The van der Waals surface area contributed by atoms with Gasteiger partial charge in [0.1, 0.15) is 11.4 Å². The SMILES string of the molecule is Cc1cc(C2=NC(C)(C)N(C)c3c(Br)cccc32)cnc1C(F)F. The highest BCUT2D eigenvalue weighted by Gasteiger charge is 2.33. The average Bonchev–Trinajstić information content (AvgIpc) is 2.50. The molecule has 0 amide bonds. The summed E-state index contributed by atoms with van der Waals surface area (Å²) in [6, 6.07) is 7.65. The largest absolute Gasteiger partial charge is 0.349 e. The number of benzene rings is 1. The van der Waals surface area contributed by atoms with E-state index in [9.17, 15) is 8.78 Å². The molecular weight excluding hydrogens is 376 g/mol. The van der Waals surface area contributed by atoms with Gasteiger partial charge in [-0.05, 0) is 54.4 Å². The van der Waals surface area contributed by atoms with Gasteiger partial charge >= 0.3 is 0 Å².